The molecule has 0 aromatic heterocycles. The number of hydrogen-bond acceptors (Lipinski definition) is 4. The molecule has 1 aromatic carbocycles. The van der Waals surface area contributed by atoms with E-state index < -0.39 is 12.2 Å². The van der Waals surface area contributed by atoms with Crippen molar-refractivity contribution in [1.82, 2.24) is 5.32 Å². The minimum Gasteiger partial charge on any atom is -0.390 e. The number of carbonyl (C=O) groups excluding carboxylic acids is 1. The van der Waals surface area contributed by atoms with E-state index in [2.05, 4.69) is 11.4 Å². The molecule has 21 heavy (non-hydrogen) atoms. The van der Waals surface area contributed by atoms with Crippen molar-refractivity contribution in [2.75, 3.05) is 6.54 Å². The lowest BCUT2D eigenvalue weighted by molar-refractivity contribution is -0.119. The number of carbonyl (C=O) groups is 1. The Morgan fingerprint density at radius 3 is 2.48 bits per heavy atom. The molecule has 0 bridgehead atoms. The van der Waals surface area contributed by atoms with Gasteiger partial charge in [0.15, 0.2) is 0 Å². The molecule has 1 aliphatic rings. The predicted molar refractivity (Wildman–Crippen MR) is 77.2 cm³/mol. The maximum Gasteiger partial charge on any atom is 0.216 e. The van der Waals surface area contributed by atoms with Crippen LogP contribution in [0.15, 0.2) is 24.3 Å². The van der Waals surface area contributed by atoms with Crippen LogP contribution in [0.4, 0.5) is 0 Å². The molecular formula is C16H20N2O3. The average molecular weight is 288 g/mol. The van der Waals surface area contributed by atoms with E-state index in [0.29, 0.717) is 12.1 Å². The van der Waals surface area contributed by atoms with E-state index >= 15 is 0 Å². The third kappa shape index (κ3) is 3.60. The lowest BCUT2D eigenvalue weighted by Crippen LogP contribution is -2.27. The highest BCUT2D eigenvalue weighted by molar-refractivity contribution is 5.72. The minimum absolute atomic E-state index is 0.160. The highest BCUT2D eigenvalue weighted by Crippen LogP contribution is 2.47. The number of aliphatic hydroxyl groups excluding tert-OH is 2. The molecule has 0 saturated heterocycles. The van der Waals surface area contributed by atoms with Crippen LogP contribution in [0.25, 0.3) is 0 Å². The van der Waals surface area contributed by atoms with Crippen molar-refractivity contribution < 1.29 is 15.0 Å². The smallest absolute Gasteiger partial charge is 0.216 e. The monoisotopic (exact) mass is 288 g/mol. The molecule has 1 amide bonds. The third-order valence-corrected chi connectivity index (χ3v) is 3.95. The number of nitrogens with zero attached hydrogens (tertiary/aromatic N) is 1. The second-order valence-corrected chi connectivity index (χ2v) is 5.60. The number of amides is 1. The van der Waals surface area contributed by atoms with E-state index in [-0.39, 0.29) is 17.7 Å². The second-order valence-electron chi connectivity index (χ2n) is 5.60. The number of nitrogens with one attached hydrogen (secondary N) is 1. The van der Waals surface area contributed by atoms with Gasteiger partial charge in [-0.3, -0.25) is 4.79 Å². The van der Waals surface area contributed by atoms with Crippen LogP contribution in [-0.4, -0.2) is 28.8 Å². The molecule has 112 valence electrons. The molecule has 5 heteroatoms. The van der Waals surface area contributed by atoms with E-state index in [1.54, 1.807) is 12.1 Å². The first-order valence-electron chi connectivity index (χ1n) is 7.11. The van der Waals surface area contributed by atoms with Gasteiger partial charge >= 0.3 is 0 Å². The van der Waals surface area contributed by atoms with Crippen molar-refractivity contribution in [3.8, 4) is 6.07 Å². The van der Waals surface area contributed by atoms with Crippen molar-refractivity contribution >= 4 is 5.91 Å². The molecule has 0 spiro atoms. The van der Waals surface area contributed by atoms with Crippen LogP contribution in [0.2, 0.25) is 0 Å². The number of hydrogen-bond donors (Lipinski definition) is 3. The maximum absolute atomic E-state index is 10.7. The Balaban J connectivity index is 1.95. The highest BCUT2D eigenvalue weighted by atomic mass is 16.3. The van der Waals surface area contributed by atoms with Crippen LogP contribution in [0.1, 0.15) is 43.4 Å². The SMILES string of the molecule is CC(=O)NCCC(O)C(O)c1ccc(C2(C#N)CC2)cc1. The fraction of sp³-hybridized carbons (Fsp3) is 0.500. The highest BCUT2D eigenvalue weighted by Gasteiger charge is 2.44. The molecule has 1 fully saturated rings. The number of rotatable bonds is 6. The summed E-state index contributed by atoms with van der Waals surface area (Å²) in [5.41, 5.74) is 1.24. The summed E-state index contributed by atoms with van der Waals surface area (Å²) in [5, 5.41) is 31.7. The van der Waals surface area contributed by atoms with Gasteiger partial charge in [0.1, 0.15) is 6.10 Å². The first-order chi connectivity index (χ1) is 9.98. The minimum atomic E-state index is -0.995. The Bertz CT molecular complexity index is 544. The van der Waals surface area contributed by atoms with E-state index in [1.165, 1.54) is 6.92 Å². The fourth-order valence-electron chi connectivity index (χ4n) is 2.37. The number of aliphatic hydroxyl groups is 2. The molecule has 0 radical (unpaired) electrons. The Morgan fingerprint density at radius 1 is 1.38 bits per heavy atom. The lowest BCUT2D eigenvalue weighted by atomic mass is 9.94. The molecule has 2 atom stereocenters. The molecule has 1 aromatic rings. The van der Waals surface area contributed by atoms with Gasteiger partial charge in [-0.25, -0.2) is 0 Å². The maximum atomic E-state index is 10.7. The van der Waals surface area contributed by atoms with E-state index in [4.69, 9.17) is 5.26 Å². The Labute approximate surface area is 124 Å². The van der Waals surface area contributed by atoms with Crippen LogP contribution in [0, 0.1) is 11.3 Å². The fourth-order valence-corrected chi connectivity index (χ4v) is 2.37. The van der Waals surface area contributed by atoms with Crippen LogP contribution < -0.4 is 5.32 Å². The summed E-state index contributed by atoms with van der Waals surface area (Å²) in [6.07, 6.45) is 0.110. The van der Waals surface area contributed by atoms with Crippen molar-refractivity contribution in [3.05, 3.63) is 35.4 Å². The lowest BCUT2D eigenvalue weighted by Gasteiger charge is -2.19. The van der Waals surface area contributed by atoms with Crippen molar-refractivity contribution in [2.45, 2.75) is 43.8 Å². The Morgan fingerprint density at radius 2 is 2.00 bits per heavy atom. The summed E-state index contributed by atoms with van der Waals surface area (Å²) in [6, 6.07) is 9.51. The zero-order valence-electron chi connectivity index (χ0n) is 12.0. The molecular weight excluding hydrogens is 268 g/mol. The standard InChI is InChI=1S/C16H20N2O3/c1-11(19)18-9-6-14(20)15(21)12-2-4-13(5-3-12)16(10-17)7-8-16/h2-5,14-15,20-21H,6-9H2,1H3,(H,18,19). The van der Waals surface area contributed by atoms with Gasteiger partial charge in [-0.05, 0) is 30.4 Å². The number of nitriles is 1. The topological polar surface area (TPSA) is 93.3 Å². The van der Waals surface area contributed by atoms with Crippen LogP contribution in [-0.2, 0) is 10.2 Å². The summed E-state index contributed by atoms with van der Waals surface area (Å²) in [7, 11) is 0. The van der Waals surface area contributed by atoms with Crippen LogP contribution in [0.3, 0.4) is 0 Å². The first-order valence-corrected chi connectivity index (χ1v) is 7.11. The van der Waals surface area contributed by atoms with Gasteiger partial charge in [0.05, 0.1) is 17.6 Å². The van der Waals surface area contributed by atoms with Crippen molar-refractivity contribution in [2.24, 2.45) is 0 Å². The van der Waals surface area contributed by atoms with Gasteiger partial charge in [0, 0.05) is 13.5 Å². The van der Waals surface area contributed by atoms with Crippen molar-refractivity contribution in [1.29, 1.82) is 5.26 Å². The first kappa shape index (κ1) is 15.5. The molecule has 5 nitrogen and oxygen atoms in total. The van der Waals surface area contributed by atoms with E-state index in [0.717, 1.165) is 18.4 Å². The average Bonchev–Trinajstić information content (AvgIpc) is 3.27. The van der Waals surface area contributed by atoms with E-state index in [1.807, 2.05) is 12.1 Å². The Hall–Kier alpha value is -1.90. The van der Waals surface area contributed by atoms with E-state index in [9.17, 15) is 15.0 Å². The summed E-state index contributed by atoms with van der Waals surface area (Å²) in [6.45, 7) is 1.73. The summed E-state index contributed by atoms with van der Waals surface area (Å²) in [4.78, 5) is 10.7. The summed E-state index contributed by atoms with van der Waals surface area (Å²) >= 11 is 0. The van der Waals surface area contributed by atoms with Gasteiger partial charge in [0.25, 0.3) is 0 Å². The quantitative estimate of drug-likeness (QED) is 0.732. The second kappa shape index (κ2) is 6.25. The van der Waals surface area contributed by atoms with Crippen LogP contribution in [0.5, 0.6) is 0 Å². The molecule has 0 heterocycles. The molecule has 2 rings (SSSR count). The summed E-state index contributed by atoms with van der Waals surface area (Å²) in [5.74, 6) is -0.160. The molecule has 3 N–H and O–H groups in total. The van der Waals surface area contributed by atoms with Gasteiger partial charge in [0.2, 0.25) is 5.91 Å². The molecule has 1 saturated carbocycles. The largest absolute Gasteiger partial charge is 0.390 e. The van der Waals surface area contributed by atoms with Gasteiger partial charge in [-0.2, -0.15) is 5.26 Å². The number of benzene rings is 1. The van der Waals surface area contributed by atoms with Crippen LogP contribution >= 0.6 is 0 Å². The molecule has 1 aliphatic carbocycles. The molecule has 0 aliphatic heterocycles. The predicted octanol–water partition coefficient (Wildman–Crippen LogP) is 1.16. The zero-order valence-corrected chi connectivity index (χ0v) is 12.0. The molecule has 2 unspecified atom stereocenters. The Kier molecular flexibility index (Phi) is 4.61. The summed E-state index contributed by atoms with van der Waals surface area (Å²) < 4.78 is 0. The van der Waals surface area contributed by atoms with Gasteiger partial charge < -0.3 is 15.5 Å². The van der Waals surface area contributed by atoms with Gasteiger partial charge in [-0.1, -0.05) is 24.3 Å². The third-order valence-electron chi connectivity index (χ3n) is 3.95. The van der Waals surface area contributed by atoms with Gasteiger partial charge in [-0.15, -0.1) is 0 Å². The zero-order chi connectivity index (χ0) is 15.5. The normalized spacial score (nSPS) is 18.4. The van der Waals surface area contributed by atoms with Crippen molar-refractivity contribution in [3.63, 3.8) is 0 Å².